The van der Waals surface area contributed by atoms with E-state index in [1.807, 2.05) is 0 Å². The number of anilines is 1. The van der Waals surface area contributed by atoms with E-state index in [4.69, 9.17) is 0 Å². The molecular formula is C20H23N. The van der Waals surface area contributed by atoms with Crippen molar-refractivity contribution in [2.24, 2.45) is 0 Å². The molecule has 0 bridgehead atoms. The maximum absolute atomic E-state index is 3.94. The van der Waals surface area contributed by atoms with Gasteiger partial charge in [-0.15, -0.1) is 0 Å². The number of fused-ring (bicyclic) bond motifs is 3. The monoisotopic (exact) mass is 277 g/mol. The van der Waals surface area contributed by atoms with Crippen molar-refractivity contribution in [3.8, 4) is 0 Å². The van der Waals surface area contributed by atoms with Crippen LogP contribution in [0.2, 0.25) is 0 Å². The number of hydrogen-bond acceptors (Lipinski definition) is 1. The van der Waals surface area contributed by atoms with Crippen molar-refractivity contribution in [3.63, 3.8) is 0 Å². The largest absolute Gasteiger partial charge is 0.378 e. The molecule has 1 aliphatic carbocycles. The summed E-state index contributed by atoms with van der Waals surface area (Å²) >= 11 is 0. The van der Waals surface area contributed by atoms with Crippen LogP contribution in [0.1, 0.15) is 43.7 Å². The standard InChI is InChI=1S/C20H23N/c1-19-13-7-8-14-20(19,15-16-9-3-2-4-10-16)21-18-12-6-5-11-17(18)19/h2-6,9-12,21H,7-8,13-15H2,1H3/t19?,20-/m1/s1. The van der Waals surface area contributed by atoms with Crippen molar-refractivity contribution in [2.75, 3.05) is 5.32 Å². The molecule has 0 aromatic heterocycles. The van der Waals surface area contributed by atoms with Crippen LogP contribution in [0.25, 0.3) is 0 Å². The van der Waals surface area contributed by atoms with Crippen molar-refractivity contribution in [3.05, 3.63) is 65.7 Å². The van der Waals surface area contributed by atoms with Gasteiger partial charge < -0.3 is 5.32 Å². The second-order valence-corrected chi connectivity index (χ2v) is 6.95. The van der Waals surface area contributed by atoms with Gasteiger partial charge in [-0.25, -0.2) is 0 Å². The lowest BCUT2D eigenvalue weighted by Gasteiger charge is -2.48. The molecule has 2 aliphatic rings. The molecule has 1 saturated carbocycles. The Hall–Kier alpha value is -1.76. The molecule has 2 aromatic rings. The van der Waals surface area contributed by atoms with Gasteiger partial charge in [0.2, 0.25) is 0 Å². The minimum atomic E-state index is 0.191. The van der Waals surface area contributed by atoms with Gasteiger partial charge in [0.15, 0.2) is 0 Å². The highest BCUT2D eigenvalue weighted by Crippen LogP contribution is 2.56. The fourth-order valence-corrected chi connectivity index (χ4v) is 4.62. The van der Waals surface area contributed by atoms with Crippen LogP contribution < -0.4 is 5.32 Å². The van der Waals surface area contributed by atoms with E-state index in [9.17, 15) is 0 Å². The summed E-state index contributed by atoms with van der Waals surface area (Å²) in [7, 11) is 0. The first kappa shape index (κ1) is 12.9. The summed E-state index contributed by atoms with van der Waals surface area (Å²) < 4.78 is 0. The molecule has 4 rings (SSSR count). The maximum atomic E-state index is 3.94. The average Bonchev–Trinajstić information content (AvgIpc) is 2.77. The van der Waals surface area contributed by atoms with Gasteiger partial charge in [0.25, 0.3) is 0 Å². The predicted molar refractivity (Wildman–Crippen MR) is 88.8 cm³/mol. The molecule has 1 aliphatic heterocycles. The van der Waals surface area contributed by atoms with Gasteiger partial charge in [-0.1, -0.05) is 68.3 Å². The quantitative estimate of drug-likeness (QED) is 0.821. The molecule has 21 heavy (non-hydrogen) atoms. The number of para-hydroxylation sites is 1. The van der Waals surface area contributed by atoms with Gasteiger partial charge >= 0.3 is 0 Å². The molecule has 1 N–H and O–H groups in total. The second kappa shape index (κ2) is 4.62. The summed E-state index contributed by atoms with van der Waals surface area (Å²) in [5.74, 6) is 0. The number of rotatable bonds is 2. The van der Waals surface area contributed by atoms with Gasteiger partial charge in [-0.3, -0.25) is 0 Å². The van der Waals surface area contributed by atoms with Gasteiger partial charge in [0.05, 0.1) is 5.54 Å². The summed E-state index contributed by atoms with van der Waals surface area (Å²) in [5, 5.41) is 3.94. The third-order valence-corrected chi connectivity index (χ3v) is 5.83. The summed E-state index contributed by atoms with van der Waals surface area (Å²) in [6, 6.07) is 19.9. The molecule has 2 atom stereocenters. The van der Waals surface area contributed by atoms with E-state index < -0.39 is 0 Å². The van der Waals surface area contributed by atoms with Gasteiger partial charge in [0, 0.05) is 11.1 Å². The Morgan fingerprint density at radius 3 is 2.48 bits per heavy atom. The van der Waals surface area contributed by atoms with Crippen LogP contribution in [0.5, 0.6) is 0 Å². The van der Waals surface area contributed by atoms with E-state index >= 15 is 0 Å². The third-order valence-electron chi connectivity index (χ3n) is 5.83. The lowest BCUT2D eigenvalue weighted by Crippen LogP contribution is -2.54. The molecule has 1 heteroatoms. The van der Waals surface area contributed by atoms with Crippen LogP contribution in [-0.4, -0.2) is 5.54 Å². The van der Waals surface area contributed by atoms with E-state index in [1.165, 1.54) is 42.5 Å². The number of nitrogens with one attached hydrogen (secondary N) is 1. The number of hydrogen-bond donors (Lipinski definition) is 1. The van der Waals surface area contributed by atoms with Crippen molar-refractivity contribution in [1.82, 2.24) is 0 Å². The SMILES string of the molecule is CC12CCCC[C@]1(Cc1ccccc1)Nc1ccccc12. The van der Waals surface area contributed by atoms with E-state index in [0.29, 0.717) is 0 Å². The normalized spacial score (nSPS) is 30.3. The Morgan fingerprint density at radius 2 is 1.62 bits per heavy atom. The van der Waals surface area contributed by atoms with E-state index in [2.05, 4.69) is 66.8 Å². The molecule has 0 amide bonds. The molecule has 1 heterocycles. The highest BCUT2D eigenvalue weighted by atomic mass is 15.1. The average molecular weight is 277 g/mol. The zero-order valence-corrected chi connectivity index (χ0v) is 12.7. The Labute approximate surface area is 127 Å². The third kappa shape index (κ3) is 1.83. The van der Waals surface area contributed by atoms with Crippen molar-refractivity contribution in [1.29, 1.82) is 0 Å². The molecule has 0 radical (unpaired) electrons. The first-order valence-corrected chi connectivity index (χ1v) is 8.15. The molecule has 1 nitrogen and oxygen atoms in total. The zero-order valence-electron chi connectivity index (χ0n) is 12.7. The Morgan fingerprint density at radius 1 is 0.905 bits per heavy atom. The van der Waals surface area contributed by atoms with Gasteiger partial charge in [-0.2, -0.15) is 0 Å². The molecule has 1 unspecified atom stereocenters. The summed E-state index contributed by atoms with van der Waals surface area (Å²) in [6.45, 7) is 2.48. The van der Waals surface area contributed by atoms with Crippen LogP contribution in [0, 0.1) is 0 Å². The van der Waals surface area contributed by atoms with E-state index in [0.717, 1.165) is 6.42 Å². The molecular weight excluding hydrogens is 254 g/mol. The maximum Gasteiger partial charge on any atom is 0.0508 e. The van der Waals surface area contributed by atoms with Crippen LogP contribution in [0.15, 0.2) is 54.6 Å². The molecule has 2 aromatic carbocycles. The van der Waals surface area contributed by atoms with E-state index in [-0.39, 0.29) is 11.0 Å². The first-order chi connectivity index (χ1) is 10.2. The smallest absolute Gasteiger partial charge is 0.0508 e. The predicted octanol–water partition coefficient (Wildman–Crippen LogP) is 4.93. The molecule has 108 valence electrons. The molecule has 1 fully saturated rings. The summed E-state index contributed by atoms with van der Waals surface area (Å²) in [6.07, 6.45) is 6.38. The number of benzene rings is 2. The van der Waals surface area contributed by atoms with Crippen molar-refractivity contribution >= 4 is 5.69 Å². The lowest BCUT2D eigenvalue weighted by atomic mass is 9.59. The summed E-state index contributed by atoms with van der Waals surface area (Å²) in [5.41, 5.74) is 4.79. The minimum Gasteiger partial charge on any atom is -0.378 e. The molecule has 0 spiro atoms. The summed E-state index contributed by atoms with van der Waals surface area (Å²) in [4.78, 5) is 0. The topological polar surface area (TPSA) is 12.0 Å². The second-order valence-electron chi connectivity index (χ2n) is 6.95. The first-order valence-electron chi connectivity index (χ1n) is 8.15. The fourth-order valence-electron chi connectivity index (χ4n) is 4.62. The van der Waals surface area contributed by atoms with E-state index in [1.54, 1.807) is 0 Å². The van der Waals surface area contributed by atoms with Crippen LogP contribution >= 0.6 is 0 Å². The fraction of sp³-hybridized carbons (Fsp3) is 0.400. The molecule has 0 saturated heterocycles. The Bertz CT molecular complexity index is 648. The van der Waals surface area contributed by atoms with Crippen LogP contribution in [0.4, 0.5) is 5.69 Å². The highest BCUT2D eigenvalue weighted by Gasteiger charge is 2.55. The van der Waals surface area contributed by atoms with Crippen LogP contribution in [0.3, 0.4) is 0 Å². The van der Waals surface area contributed by atoms with Gasteiger partial charge in [0.1, 0.15) is 0 Å². The van der Waals surface area contributed by atoms with Crippen LogP contribution in [-0.2, 0) is 11.8 Å². The highest BCUT2D eigenvalue weighted by molar-refractivity contribution is 5.65. The Balaban J connectivity index is 1.79. The zero-order chi connectivity index (χ0) is 14.3. The van der Waals surface area contributed by atoms with Crippen molar-refractivity contribution < 1.29 is 0 Å². The van der Waals surface area contributed by atoms with Gasteiger partial charge in [-0.05, 0) is 36.5 Å². The van der Waals surface area contributed by atoms with Crippen molar-refractivity contribution in [2.45, 2.75) is 50.0 Å². The lowest BCUT2D eigenvalue weighted by molar-refractivity contribution is 0.194. The Kier molecular flexibility index (Phi) is 2.85. The minimum absolute atomic E-state index is 0.191.